The smallest absolute Gasteiger partial charge is 0.329 e. The summed E-state index contributed by atoms with van der Waals surface area (Å²) >= 11 is 0. The number of hydrogen-bond donors (Lipinski definition) is 3. The Bertz CT molecular complexity index is 3170. The van der Waals surface area contributed by atoms with Crippen molar-refractivity contribution in [2.24, 2.45) is 5.92 Å². The number of carbonyl (C=O) groups is 4. The Hall–Kier alpha value is -8.38. The summed E-state index contributed by atoms with van der Waals surface area (Å²) in [7, 11) is 0. The highest BCUT2D eigenvalue weighted by Gasteiger charge is 2.76. The summed E-state index contributed by atoms with van der Waals surface area (Å²) < 4.78 is 14.6. The van der Waals surface area contributed by atoms with Gasteiger partial charge in [0, 0.05) is 17.7 Å². The van der Waals surface area contributed by atoms with E-state index in [2.05, 4.69) is 39.4 Å². The summed E-state index contributed by atoms with van der Waals surface area (Å²) in [4.78, 5) is 65.7. The number of aliphatic hydroxyl groups is 1. The maximum atomic E-state index is 16.6. The number of fused-ring (bicyclic) bond motifs is 4. The van der Waals surface area contributed by atoms with Gasteiger partial charge in [-0.1, -0.05) is 144 Å². The van der Waals surface area contributed by atoms with E-state index >= 15 is 19.2 Å². The highest BCUT2D eigenvalue weighted by Crippen LogP contribution is 2.66. The molecule has 0 aliphatic carbocycles. The average molecular weight is 932 g/mol. The molecular formula is C56H49N7O7. The van der Waals surface area contributed by atoms with Crippen LogP contribution in [0.25, 0.3) is 11.0 Å². The van der Waals surface area contributed by atoms with E-state index in [9.17, 15) is 5.11 Å². The van der Waals surface area contributed by atoms with Gasteiger partial charge < -0.3 is 25.2 Å². The molecule has 3 aliphatic heterocycles. The summed E-state index contributed by atoms with van der Waals surface area (Å²) in [5.74, 6) is 3.14. The highest BCUT2D eigenvalue weighted by atomic mass is 16.6. The molecular weight excluding hydrogens is 883 g/mol. The Morgan fingerprint density at radius 2 is 1.56 bits per heavy atom. The van der Waals surface area contributed by atoms with Gasteiger partial charge in [0.2, 0.25) is 11.8 Å². The summed E-state index contributed by atoms with van der Waals surface area (Å²) in [6.07, 6.45) is 0.588. The molecule has 4 amide bonds. The second-order valence-corrected chi connectivity index (χ2v) is 17.4. The molecule has 4 heterocycles. The molecule has 1 aromatic heterocycles. The van der Waals surface area contributed by atoms with Crippen LogP contribution >= 0.6 is 0 Å². The van der Waals surface area contributed by atoms with Gasteiger partial charge in [0.15, 0.2) is 0 Å². The first-order valence-corrected chi connectivity index (χ1v) is 23.2. The second kappa shape index (κ2) is 19.3. The van der Waals surface area contributed by atoms with Gasteiger partial charge >= 0.3 is 12.0 Å². The average Bonchev–Trinajstić information content (AvgIpc) is 4.04. The molecule has 7 aromatic rings. The Morgan fingerprint density at radius 3 is 2.30 bits per heavy atom. The summed E-state index contributed by atoms with van der Waals surface area (Å²) in [6.45, 7) is 5.44. The van der Waals surface area contributed by atoms with E-state index in [0.717, 1.165) is 27.1 Å². The maximum Gasteiger partial charge on any atom is 0.329 e. The van der Waals surface area contributed by atoms with E-state index in [1.54, 1.807) is 47.1 Å². The Kier molecular flexibility index (Phi) is 12.5. The standard InChI is InChI=1S/C56H49N7O7/c1-3-31-57-52(65)47-49-53(66)70-50(40-23-11-6-12-24-40)48(39-21-9-5-10-22-39)63(49)51(41-25-13-16-28-46(41)69-34-33-64)56(47)42-35-37(18-17-32-61-45-27-15-14-26-43(45)59-60-61)29-30-44(42)62(54(56)67)55(68)58-36(2)38-19-7-4-8-20-38/h3-16,19-30,35-36,47-51,64H,1,31-34H2,2H3,(H,57,65)(H,58,68). The number of aromatic nitrogens is 3. The third kappa shape index (κ3) is 7.84. The Morgan fingerprint density at radius 1 is 0.871 bits per heavy atom. The Labute approximate surface area is 404 Å². The van der Waals surface area contributed by atoms with Crippen LogP contribution < -0.4 is 20.3 Å². The first kappa shape index (κ1) is 45.4. The minimum absolute atomic E-state index is 0.00508. The third-order valence-corrected chi connectivity index (χ3v) is 13.4. The summed E-state index contributed by atoms with van der Waals surface area (Å²) in [5, 5.41) is 24.7. The zero-order chi connectivity index (χ0) is 48.4. The molecule has 3 N–H and O–H groups in total. The van der Waals surface area contributed by atoms with Crippen molar-refractivity contribution < 1.29 is 33.8 Å². The number of ether oxygens (including phenoxy) is 2. The number of carbonyl (C=O) groups excluding carboxylic acids is 4. The molecule has 14 nitrogen and oxygen atoms in total. The minimum atomic E-state index is -2.06. The van der Waals surface area contributed by atoms with E-state index < -0.39 is 65.4 Å². The lowest BCUT2D eigenvalue weighted by Gasteiger charge is -2.46. The van der Waals surface area contributed by atoms with Gasteiger partial charge in [-0.25, -0.2) is 14.4 Å². The quantitative estimate of drug-likeness (QED) is 0.0643. The molecule has 10 rings (SSSR count). The zero-order valence-electron chi connectivity index (χ0n) is 38.2. The maximum absolute atomic E-state index is 16.6. The lowest BCUT2D eigenvalue weighted by Crippen LogP contribution is -2.56. The van der Waals surface area contributed by atoms with Gasteiger partial charge in [-0.05, 0) is 65.6 Å². The number of nitrogens with zero attached hydrogens (tertiary/aromatic N) is 5. The molecule has 3 aliphatic rings. The van der Waals surface area contributed by atoms with Gasteiger partial charge in [0.1, 0.15) is 42.0 Å². The molecule has 2 saturated heterocycles. The van der Waals surface area contributed by atoms with Crippen LogP contribution in [-0.2, 0) is 31.1 Å². The van der Waals surface area contributed by atoms with Gasteiger partial charge in [-0.3, -0.25) is 19.3 Å². The van der Waals surface area contributed by atoms with Crippen molar-refractivity contribution in [1.29, 1.82) is 0 Å². The number of esters is 1. The molecule has 70 heavy (non-hydrogen) atoms. The van der Waals surface area contributed by atoms with E-state index in [1.807, 2.05) is 127 Å². The van der Waals surface area contributed by atoms with Gasteiger partial charge in [0.05, 0.1) is 41.9 Å². The van der Waals surface area contributed by atoms with Gasteiger partial charge in [-0.2, -0.15) is 0 Å². The van der Waals surface area contributed by atoms with E-state index in [4.69, 9.17) is 9.47 Å². The number of hydrogen-bond acceptors (Lipinski definition) is 10. The van der Waals surface area contributed by atoms with Crippen LogP contribution in [0.1, 0.15) is 64.5 Å². The molecule has 7 atom stereocenters. The van der Waals surface area contributed by atoms with Crippen LogP contribution in [0.5, 0.6) is 5.75 Å². The molecule has 14 heteroatoms. The van der Waals surface area contributed by atoms with Crippen molar-refractivity contribution >= 4 is 40.5 Å². The van der Waals surface area contributed by atoms with Crippen LogP contribution in [0, 0.1) is 17.8 Å². The van der Waals surface area contributed by atoms with Crippen molar-refractivity contribution in [1.82, 2.24) is 30.5 Å². The number of imide groups is 1. The molecule has 1 spiro atoms. The summed E-state index contributed by atoms with van der Waals surface area (Å²) in [6, 6.07) is 43.3. The molecule has 0 radical (unpaired) electrons. The number of morpholine rings is 1. The van der Waals surface area contributed by atoms with Crippen LogP contribution in [0.3, 0.4) is 0 Å². The van der Waals surface area contributed by atoms with Crippen molar-refractivity contribution in [2.45, 2.75) is 49.2 Å². The predicted molar refractivity (Wildman–Crippen MR) is 262 cm³/mol. The summed E-state index contributed by atoms with van der Waals surface area (Å²) in [5.41, 5.74) is 3.11. The lowest BCUT2D eigenvalue weighted by atomic mass is 9.65. The second-order valence-electron chi connectivity index (χ2n) is 17.4. The molecule has 350 valence electrons. The topological polar surface area (TPSA) is 168 Å². The fourth-order valence-electron chi connectivity index (χ4n) is 10.6. The third-order valence-electron chi connectivity index (χ3n) is 13.4. The lowest BCUT2D eigenvalue weighted by molar-refractivity contribution is -0.178. The van der Waals surface area contributed by atoms with E-state index in [1.165, 1.54) is 6.08 Å². The molecule has 2 fully saturated rings. The van der Waals surface area contributed by atoms with Crippen molar-refractivity contribution in [3.8, 4) is 17.6 Å². The number of rotatable bonds is 12. The number of para-hydroxylation sites is 2. The monoisotopic (exact) mass is 931 g/mol. The van der Waals surface area contributed by atoms with Crippen LogP contribution in [0.2, 0.25) is 0 Å². The molecule has 0 saturated carbocycles. The molecule has 0 bridgehead atoms. The van der Waals surface area contributed by atoms with Gasteiger partial charge in [0.25, 0.3) is 0 Å². The number of amides is 4. The van der Waals surface area contributed by atoms with Gasteiger partial charge in [-0.15, -0.1) is 11.7 Å². The number of aliphatic hydroxyl groups excluding tert-OH is 1. The van der Waals surface area contributed by atoms with Crippen LogP contribution in [-0.4, -0.2) is 74.6 Å². The van der Waals surface area contributed by atoms with E-state index in [0.29, 0.717) is 28.0 Å². The SMILES string of the molecule is C=CCNC(=O)C1C2C(=O)OC(c3ccccc3)C(c3ccccc3)N2C(c2ccccc2OCCO)C12C(=O)N(C(=O)NC(C)c1ccccc1)c1ccc(C#CCn3nnc4ccccc43)cc12. The largest absolute Gasteiger partial charge is 0.491 e. The number of urea groups is 1. The fourth-order valence-corrected chi connectivity index (χ4v) is 10.6. The van der Waals surface area contributed by atoms with Crippen LogP contribution in [0.15, 0.2) is 170 Å². The zero-order valence-corrected chi connectivity index (χ0v) is 38.2. The van der Waals surface area contributed by atoms with Crippen molar-refractivity contribution in [3.05, 3.63) is 204 Å². The highest BCUT2D eigenvalue weighted by molar-refractivity contribution is 6.24. The minimum Gasteiger partial charge on any atom is -0.491 e. The number of cyclic esters (lactones) is 1. The number of benzene rings is 6. The number of nitrogens with one attached hydrogen (secondary N) is 2. The Balaban J connectivity index is 1.25. The van der Waals surface area contributed by atoms with E-state index in [-0.39, 0.29) is 32.0 Å². The first-order valence-electron chi connectivity index (χ1n) is 23.2. The normalized spacial score (nSPS) is 21.8. The van der Waals surface area contributed by atoms with Crippen molar-refractivity contribution in [3.63, 3.8) is 0 Å². The molecule has 7 unspecified atom stereocenters. The molecule has 6 aromatic carbocycles. The number of anilines is 1. The first-order chi connectivity index (χ1) is 34.3. The fraction of sp³-hybridized carbons (Fsp3) is 0.214. The van der Waals surface area contributed by atoms with Crippen molar-refractivity contribution in [2.75, 3.05) is 24.7 Å². The predicted octanol–water partition coefficient (Wildman–Crippen LogP) is 7.29. The van der Waals surface area contributed by atoms with Crippen LogP contribution in [0.4, 0.5) is 10.5 Å².